The van der Waals surface area contributed by atoms with Crippen molar-refractivity contribution >= 4 is 40.6 Å². The van der Waals surface area contributed by atoms with Crippen LogP contribution in [-0.4, -0.2) is 48.0 Å². The van der Waals surface area contributed by atoms with E-state index in [4.69, 9.17) is 16.3 Å². The van der Waals surface area contributed by atoms with Crippen molar-refractivity contribution in [3.8, 4) is 5.75 Å². The molecule has 0 bridgehead atoms. The molecule has 0 aliphatic carbocycles. The highest BCUT2D eigenvalue weighted by atomic mass is 35.5. The summed E-state index contributed by atoms with van der Waals surface area (Å²) in [6.07, 6.45) is 1.45. The Labute approximate surface area is 213 Å². The van der Waals surface area contributed by atoms with Gasteiger partial charge in [-0.15, -0.1) is 11.3 Å². The number of amides is 3. The van der Waals surface area contributed by atoms with Gasteiger partial charge in [0.15, 0.2) is 0 Å². The Bertz CT molecular complexity index is 1190. The molecule has 1 unspecified atom stereocenters. The molecule has 0 fully saturated rings. The van der Waals surface area contributed by atoms with Crippen molar-refractivity contribution in [2.75, 3.05) is 31.6 Å². The van der Waals surface area contributed by atoms with Crippen molar-refractivity contribution in [1.82, 2.24) is 9.80 Å². The Morgan fingerprint density at radius 1 is 1.23 bits per heavy atom. The first-order valence-electron chi connectivity index (χ1n) is 11.5. The van der Waals surface area contributed by atoms with E-state index in [0.717, 1.165) is 12.0 Å². The number of anilines is 1. The van der Waals surface area contributed by atoms with Crippen LogP contribution in [0.3, 0.4) is 0 Å². The molecule has 9 heteroatoms. The van der Waals surface area contributed by atoms with Crippen molar-refractivity contribution in [2.45, 2.75) is 25.8 Å². The first-order chi connectivity index (χ1) is 16.9. The van der Waals surface area contributed by atoms with Crippen LogP contribution in [0.5, 0.6) is 5.75 Å². The third-order valence-electron chi connectivity index (χ3n) is 5.80. The molecule has 2 aromatic carbocycles. The number of hydrogen-bond acceptors (Lipinski definition) is 4. The summed E-state index contributed by atoms with van der Waals surface area (Å²) in [5.74, 6) is -0.131. The third kappa shape index (κ3) is 6.32. The standard InChI is InChI=1S/C26H27ClFN3O3S/c1-2-11-30(26(33)29-20-7-3-5-18(27)14-20)16-25(32)31-12-9-24-22(10-13-35-24)23(31)17-34-21-8-4-6-19(28)15-21/h3-8,10,13-15,23H,2,9,11-12,16-17H2,1H3,(H,29,33). The van der Waals surface area contributed by atoms with Crippen LogP contribution in [0.1, 0.15) is 29.8 Å². The Balaban J connectivity index is 1.48. The minimum Gasteiger partial charge on any atom is -0.491 e. The fraction of sp³-hybridized carbons (Fsp3) is 0.308. The average Bonchev–Trinajstić information content (AvgIpc) is 3.31. The molecular weight excluding hydrogens is 489 g/mol. The second kappa shape index (κ2) is 11.6. The maximum atomic E-state index is 13.6. The van der Waals surface area contributed by atoms with Gasteiger partial charge in [0, 0.05) is 34.7 Å². The van der Waals surface area contributed by atoms with E-state index in [9.17, 15) is 14.0 Å². The SMILES string of the molecule is CCCN(CC(=O)N1CCc2sccc2C1COc1cccc(F)c1)C(=O)Nc1cccc(Cl)c1. The Kier molecular flexibility index (Phi) is 8.25. The monoisotopic (exact) mass is 515 g/mol. The first kappa shape index (κ1) is 25.0. The summed E-state index contributed by atoms with van der Waals surface area (Å²) in [6, 6.07) is 14.2. The van der Waals surface area contributed by atoms with E-state index >= 15 is 0 Å². The number of carbonyl (C=O) groups excluding carboxylic acids is 2. The van der Waals surface area contributed by atoms with Crippen molar-refractivity contribution in [3.05, 3.63) is 81.3 Å². The van der Waals surface area contributed by atoms with Gasteiger partial charge in [-0.25, -0.2) is 9.18 Å². The summed E-state index contributed by atoms with van der Waals surface area (Å²) < 4.78 is 19.5. The molecule has 1 N–H and O–H groups in total. The highest BCUT2D eigenvalue weighted by Gasteiger charge is 2.33. The predicted molar refractivity (Wildman–Crippen MR) is 137 cm³/mol. The summed E-state index contributed by atoms with van der Waals surface area (Å²) in [6.45, 7) is 3.05. The molecule has 3 amide bonds. The Morgan fingerprint density at radius 3 is 2.83 bits per heavy atom. The van der Waals surface area contributed by atoms with E-state index in [-0.39, 0.29) is 36.9 Å². The number of fused-ring (bicyclic) bond motifs is 1. The molecular formula is C26H27ClFN3O3S. The number of benzene rings is 2. The van der Waals surface area contributed by atoms with Gasteiger partial charge in [0.1, 0.15) is 24.7 Å². The van der Waals surface area contributed by atoms with Crippen LogP contribution < -0.4 is 10.1 Å². The lowest BCUT2D eigenvalue weighted by atomic mass is 10.0. The van der Waals surface area contributed by atoms with E-state index in [1.54, 1.807) is 52.6 Å². The molecule has 1 aromatic heterocycles. The Morgan fingerprint density at radius 2 is 2.06 bits per heavy atom. The first-order valence-corrected chi connectivity index (χ1v) is 12.8. The summed E-state index contributed by atoms with van der Waals surface area (Å²) in [5.41, 5.74) is 1.61. The van der Waals surface area contributed by atoms with Crippen molar-refractivity contribution in [1.29, 1.82) is 0 Å². The second-order valence-corrected chi connectivity index (χ2v) is 9.72. The smallest absolute Gasteiger partial charge is 0.322 e. The molecule has 6 nitrogen and oxygen atoms in total. The normalized spacial score (nSPS) is 14.8. The zero-order chi connectivity index (χ0) is 24.8. The number of ether oxygens (including phenoxy) is 1. The number of halogens is 2. The molecule has 35 heavy (non-hydrogen) atoms. The maximum Gasteiger partial charge on any atom is 0.322 e. The van der Waals surface area contributed by atoms with Gasteiger partial charge in [-0.3, -0.25) is 4.79 Å². The highest BCUT2D eigenvalue weighted by molar-refractivity contribution is 7.10. The van der Waals surface area contributed by atoms with Crippen molar-refractivity contribution in [2.24, 2.45) is 0 Å². The molecule has 1 aliphatic heterocycles. The molecule has 0 spiro atoms. The van der Waals surface area contributed by atoms with Gasteiger partial charge in [0.25, 0.3) is 0 Å². The predicted octanol–water partition coefficient (Wildman–Crippen LogP) is 5.99. The largest absolute Gasteiger partial charge is 0.491 e. The van der Waals surface area contributed by atoms with Gasteiger partial charge < -0.3 is 19.9 Å². The molecule has 0 saturated carbocycles. The van der Waals surface area contributed by atoms with Gasteiger partial charge in [0.2, 0.25) is 5.91 Å². The molecule has 3 aromatic rings. The zero-order valence-corrected chi connectivity index (χ0v) is 20.9. The molecule has 1 aliphatic rings. The van der Waals surface area contributed by atoms with E-state index in [0.29, 0.717) is 36.0 Å². The van der Waals surface area contributed by atoms with Crippen LogP contribution in [0.2, 0.25) is 5.02 Å². The third-order valence-corrected chi connectivity index (χ3v) is 7.03. The van der Waals surface area contributed by atoms with E-state index in [2.05, 4.69) is 5.32 Å². The van der Waals surface area contributed by atoms with Crippen molar-refractivity contribution < 1.29 is 18.7 Å². The number of nitrogens with one attached hydrogen (secondary N) is 1. The van der Waals surface area contributed by atoms with E-state index < -0.39 is 0 Å². The summed E-state index contributed by atoms with van der Waals surface area (Å²) in [5, 5.41) is 5.35. The van der Waals surface area contributed by atoms with Crippen molar-refractivity contribution in [3.63, 3.8) is 0 Å². The average molecular weight is 516 g/mol. The van der Waals surface area contributed by atoms with Crippen LogP contribution >= 0.6 is 22.9 Å². The summed E-state index contributed by atoms with van der Waals surface area (Å²) in [4.78, 5) is 30.9. The molecule has 0 saturated heterocycles. The minimum absolute atomic E-state index is 0.0594. The van der Waals surface area contributed by atoms with Gasteiger partial charge >= 0.3 is 6.03 Å². The molecule has 4 rings (SSSR count). The van der Waals surface area contributed by atoms with E-state index in [1.807, 2.05) is 18.4 Å². The van der Waals surface area contributed by atoms with Gasteiger partial charge in [-0.2, -0.15) is 0 Å². The van der Waals surface area contributed by atoms with E-state index in [1.165, 1.54) is 21.9 Å². The van der Waals surface area contributed by atoms with Crippen LogP contribution in [0, 0.1) is 5.82 Å². The van der Waals surface area contributed by atoms with Crippen LogP contribution in [0.25, 0.3) is 0 Å². The minimum atomic E-state index is -0.378. The fourth-order valence-electron chi connectivity index (χ4n) is 4.15. The number of carbonyl (C=O) groups is 2. The summed E-state index contributed by atoms with van der Waals surface area (Å²) >= 11 is 7.69. The fourth-order valence-corrected chi connectivity index (χ4v) is 5.27. The molecule has 1 atom stereocenters. The number of thiophene rings is 1. The quantitative estimate of drug-likeness (QED) is 0.401. The maximum absolute atomic E-state index is 13.6. The number of urea groups is 1. The topological polar surface area (TPSA) is 61.9 Å². The second-order valence-electron chi connectivity index (χ2n) is 8.28. The Hall–Kier alpha value is -3.10. The lowest BCUT2D eigenvalue weighted by molar-refractivity contribution is -0.135. The highest BCUT2D eigenvalue weighted by Crippen LogP contribution is 2.34. The van der Waals surface area contributed by atoms with Crippen LogP contribution in [0.4, 0.5) is 14.9 Å². The van der Waals surface area contributed by atoms with Crippen LogP contribution in [0.15, 0.2) is 60.0 Å². The number of hydrogen-bond donors (Lipinski definition) is 1. The summed E-state index contributed by atoms with van der Waals surface area (Å²) in [7, 11) is 0. The van der Waals surface area contributed by atoms with Crippen LogP contribution in [-0.2, 0) is 11.2 Å². The zero-order valence-electron chi connectivity index (χ0n) is 19.4. The van der Waals surface area contributed by atoms with Gasteiger partial charge in [-0.05, 0) is 60.2 Å². The van der Waals surface area contributed by atoms with Gasteiger partial charge in [-0.1, -0.05) is 30.7 Å². The molecule has 0 radical (unpaired) electrons. The lowest BCUT2D eigenvalue weighted by Gasteiger charge is -2.37. The lowest BCUT2D eigenvalue weighted by Crippen LogP contribution is -2.48. The number of rotatable bonds is 8. The molecule has 184 valence electrons. The molecule has 2 heterocycles. The number of nitrogens with zero attached hydrogens (tertiary/aromatic N) is 2. The van der Waals surface area contributed by atoms with Gasteiger partial charge in [0.05, 0.1) is 6.04 Å².